The summed E-state index contributed by atoms with van der Waals surface area (Å²) in [5, 5.41) is 3.11. The molecule has 0 amide bonds. The van der Waals surface area contributed by atoms with Crippen LogP contribution in [0.2, 0.25) is 0 Å². The van der Waals surface area contributed by atoms with Crippen LogP contribution in [0.15, 0.2) is 24.5 Å². The Morgan fingerprint density at radius 2 is 2.46 bits per heavy atom. The quantitative estimate of drug-likeness (QED) is 0.739. The van der Waals surface area contributed by atoms with Gasteiger partial charge in [-0.2, -0.15) is 0 Å². The summed E-state index contributed by atoms with van der Waals surface area (Å²) in [7, 11) is 1.93. The van der Waals surface area contributed by atoms with Gasteiger partial charge in [0.05, 0.1) is 13.2 Å². The molecule has 1 rings (SSSR count). The highest BCUT2D eigenvalue weighted by Crippen LogP contribution is 1.98. The Kier molecular flexibility index (Phi) is 4.43. The first-order valence-electron chi connectivity index (χ1n) is 4.47. The molecule has 1 aromatic heterocycles. The van der Waals surface area contributed by atoms with Gasteiger partial charge in [-0.05, 0) is 25.6 Å². The lowest BCUT2D eigenvalue weighted by atomic mass is 10.3. The summed E-state index contributed by atoms with van der Waals surface area (Å²) in [6.45, 7) is 3.45. The van der Waals surface area contributed by atoms with E-state index in [2.05, 4.69) is 17.2 Å². The van der Waals surface area contributed by atoms with Crippen LogP contribution in [0, 0.1) is 0 Å². The van der Waals surface area contributed by atoms with Crippen LogP contribution in [-0.4, -0.2) is 24.7 Å². The monoisotopic (exact) mass is 180 g/mol. The van der Waals surface area contributed by atoms with E-state index in [0.29, 0.717) is 12.6 Å². The Balaban J connectivity index is 2.20. The highest BCUT2D eigenvalue weighted by atomic mass is 16.5. The van der Waals surface area contributed by atoms with Crippen molar-refractivity contribution in [3.05, 3.63) is 30.1 Å². The molecule has 0 aliphatic rings. The number of ether oxygens (including phenoxy) is 1. The van der Waals surface area contributed by atoms with Gasteiger partial charge in [-0.1, -0.05) is 6.07 Å². The molecule has 0 fully saturated rings. The lowest BCUT2D eigenvalue weighted by molar-refractivity contribution is 0.104. The summed E-state index contributed by atoms with van der Waals surface area (Å²) in [4.78, 5) is 4.01. The van der Waals surface area contributed by atoms with Crippen molar-refractivity contribution in [1.29, 1.82) is 0 Å². The maximum absolute atomic E-state index is 5.47. The number of likely N-dealkylation sites (N-methyl/N-ethyl adjacent to an activating group) is 1. The smallest absolute Gasteiger partial charge is 0.0732 e. The number of nitrogens with one attached hydrogen (secondary N) is 1. The molecule has 0 unspecified atom stereocenters. The summed E-state index contributed by atoms with van der Waals surface area (Å²) in [5.41, 5.74) is 1.12. The van der Waals surface area contributed by atoms with Crippen molar-refractivity contribution >= 4 is 0 Å². The molecule has 72 valence electrons. The van der Waals surface area contributed by atoms with Gasteiger partial charge in [0.25, 0.3) is 0 Å². The summed E-state index contributed by atoms with van der Waals surface area (Å²) in [6.07, 6.45) is 3.59. The fraction of sp³-hybridized carbons (Fsp3) is 0.500. The van der Waals surface area contributed by atoms with Crippen LogP contribution in [-0.2, 0) is 11.3 Å². The molecule has 0 aromatic carbocycles. The van der Waals surface area contributed by atoms with Gasteiger partial charge in [-0.3, -0.25) is 4.98 Å². The van der Waals surface area contributed by atoms with Gasteiger partial charge in [0.2, 0.25) is 0 Å². The molecule has 0 radical (unpaired) electrons. The summed E-state index contributed by atoms with van der Waals surface area (Å²) in [6, 6.07) is 4.33. The van der Waals surface area contributed by atoms with E-state index < -0.39 is 0 Å². The third kappa shape index (κ3) is 4.01. The van der Waals surface area contributed by atoms with Crippen molar-refractivity contribution in [1.82, 2.24) is 10.3 Å². The lowest BCUT2D eigenvalue weighted by Gasteiger charge is -2.10. The summed E-state index contributed by atoms with van der Waals surface area (Å²) < 4.78 is 5.47. The Morgan fingerprint density at radius 3 is 3.08 bits per heavy atom. The van der Waals surface area contributed by atoms with Crippen LogP contribution < -0.4 is 5.32 Å². The maximum Gasteiger partial charge on any atom is 0.0732 e. The minimum Gasteiger partial charge on any atom is -0.375 e. The molecular weight excluding hydrogens is 164 g/mol. The van der Waals surface area contributed by atoms with E-state index in [1.165, 1.54) is 0 Å². The molecule has 0 aliphatic carbocycles. The van der Waals surface area contributed by atoms with Gasteiger partial charge in [0, 0.05) is 18.4 Å². The first-order chi connectivity index (χ1) is 6.33. The molecule has 13 heavy (non-hydrogen) atoms. The van der Waals surface area contributed by atoms with Gasteiger partial charge >= 0.3 is 0 Å². The summed E-state index contributed by atoms with van der Waals surface area (Å²) in [5.74, 6) is 0. The van der Waals surface area contributed by atoms with Gasteiger partial charge in [0.1, 0.15) is 0 Å². The Morgan fingerprint density at radius 1 is 1.62 bits per heavy atom. The van der Waals surface area contributed by atoms with Gasteiger partial charge < -0.3 is 10.1 Å². The van der Waals surface area contributed by atoms with Crippen LogP contribution in [0.25, 0.3) is 0 Å². The van der Waals surface area contributed by atoms with Crippen LogP contribution in [0.1, 0.15) is 12.5 Å². The van der Waals surface area contributed by atoms with Crippen molar-refractivity contribution in [2.24, 2.45) is 0 Å². The zero-order valence-corrected chi connectivity index (χ0v) is 8.16. The molecule has 0 saturated heterocycles. The number of pyridine rings is 1. The maximum atomic E-state index is 5.47. The fourth-order valence-electron chi connectivity index (χ4n) is 0.920. The Bertz CT molecular complexity index is 226. The van der Waals surface area contributed by atoms with Crippen LogP contribution >= 0.6 is 0 Å². The second-order valence-corrected chi connectivity index (χ2v) is 3.07. The molecule has 1 atom stereocenters. The first-order valence-corrected chi connectivity index (χ1v) is 4.47. The minimum atomic E-state index is 0.400. The van der Waals surface area contributed by atoms with Crippen LogP contribution in [0.5, 0.6) is 0 Å². The molecule has 1 N–H and O–H groups in total. The normalized spacial score (nSPS) is 12.8. The molecule has 1 heterocycles. The van der Waals surface area contributed by atoms with Crippen LogP contribution in [0.4, 0.5) is 0 Å². The summed E-state index contributed by atoms with van der Waals surface area (Å²) >= 11 is 0. The second-order valence-electron chi connectivity index (χ2n) is 3.07. The first kappa shape index (κ1) is 10.2. The number of nitrogens with zero attached hydrogens (tertiary/aromatic N) is 1. The van der Waals surface area contributed by atoms with Gasteiger partial charge in [-0.15, -0.1) is 0 Å². The number of hydrogen-bond acceptors (Lipinski definition) is 3. The molecule has 0 bridgehead atoms. The van der Waals surface area contributed by atoms with Crippen molar-refractivity contribution in [3.8, 4) is 0 Å². The molecule has 3 heteroatoms. The Labute approximate surface area is 79.1 Å². The average Bonchev–Trinajstić information content (AvgIpc) is 2.19. The molecule has 1 aromatic rings. The molecule has 3 nitrogen and oxygen atoms in total. The van der Waals surface area contributed by atoms with Crippen molar-refractivity contribution in [3.63, 3.8) is 0 Å². The average molecular weight is 180 g/mol. The number of aromatic nitrogens is 1. The van der Waals surface area contributed by atoms with E-state index >= 15 is 0 Å². The third-order valence-electron chi connectivity index (χ3n) is 1.85. The van der Waals surface area contributed by atoms with E-state index in [9.17, 15) is 0 Å². The third-order valence-corrected chi connectivity index (χ3v) is 1.85. The van der Waals surface area contributed by atoms with E-state index in [1.54, 1.807) is 6.20 Å². The van der Waals surface area contributed by atoms with E-state index in [1.807, 2.05) is 25.4 Å². The molecular formula is C10H16N2O. The van der Waals surface area contributed by atoms with Gasteiger partial charge in [-0.25, -0.2) is 0 Å². The topological polar surface area (TPSA) is 34.1 Å². The zero-order chi connectivity index (χ0) is 9.52. The predicted octanol–water partition coefficient (Wildman–Crippen LogP) is 1.21. The van der Waals surface area contributed by atoms with E-state index in [0.717, 1.165) is 12.2 Å². The number of rotatable bonds is 5. The number of hydrogen-bond donors (Lipinski definition) is 1. The highest BCUT2D eigenvalue weighted by molar-refractivity contribution is 5.06. The molecule has 0 saturated carbocycles. The van der Waals surface area contributed by atoms with E-state index in [-0.39, 0.29) is 0 Å². The largest absolute Gasteiger partial charge is 0.375 e. The second kappa shape index (κ2) is 5.67. The SMILES string of the molecule is CN[C@H](C)COCc1cccnc1. The minimum absolute atomic E-state index is 0.400. The standard InChI is InChI=1S/C10H16N2O/c1-9(11-2)7-13-8-10-4-3-5-12-6-10/h3-6,9,11H,7-8H2,1-2H3/t9-/m1/s1. The highest BCUT2D eigenvalue weighted by Gasteiger charge is 1.97. The Hall–Kier alpha value is -0.930. The lowest BCUT2D eigenvalue weighted by Crippen LogP contribution is -2.26. The van der Waals surface area contributed by atoms with Gasteiger partial charge in [0.15, 0.2) is 0 Å². The molecule has 0 spiro atoms. The zero-order valence-electron chi connectivity index (χ0n) is 8.16. The molecule has 0 aliphatic heterocycles. The van der Waals surface area contributed by atoms with Crippen molar-refractivity contribution < 1.29 is 4.74 Å². The van der Waals surface area contributed by atoms with Crippen LogP contribution in [0.3, 0.4) is 0 Å². The fourth-order valence-corrected chi connectivity index (χ4v) is 0.920. The van der Waals surface area contributed by atoms with Crippen molar-refractivity contribution in [2.75, 3.05) is 13.7 Å². The van der Waals surface area contributed by atoms with Crippen molar-refractivity contribution in [2.45, 2.75) is 19.6 Å². The van der Waals surface area contributed by atoms with E-state index in [4.69, 9.17) is 4.74 Å². The predicted molar refractivity (Wildman–Crippen MR) is 52.4 cm³/mol.